The molecule has 120 valence electrons. The van der Waals surface area contributed by atoms with Crippen LogP contribution in [0, 0.1) is 6.92 Å². The fraction of sp³-hybridized carbons (Fsp3) is 0.684. The molecular weight excluding hydrogens is 256 g/mol. The average molecular weight is 290 g/mol. The second kappa shape index (κ2) is 9.97. The first-order chi connectivity index (χ1) is 10.1. The molecule has 0 aliphatic heterocycles. The second-order valence-corrected chi connectivity index (χ2v) is 6.13. The Kier molecular flexibility index (Phi) is 8.63. The fourth-order valence-corrected chi connectivity index (χ4v) is 2.90. The highest BCUT2D eigenvalue weighted by Crippen LogP contribution is 2.21. The summed E-state index contributed by atoms with van der Waals surface area (Å²) in [5.74, 6) is 0. The van der Waals surface area contributed by atoms with Crippen molar-refractivity contribution >= 4 is 0 Å². The Morgan fingerprint density at radius 2 is 1.86 bits per heavy atom. The van der Waals surface area contributed by atoms with Gasteiger partial charge in [0.25, 0.3) is 0 Å². The van der Waals surface area contributed by atoms with Crippen LogP contribution in [0.2, 0.25) is 0 Å². The van der Waals surface area contributed by atoms with Gasteiger partial charge in [0.1, 0.15) is 0 Å². The molecule has 1 N–H and O–H groups in total. The molecule has 2 heteroatoms. The number of rotatable bonds is 10. The molecule has 21 heavy (non-hydrogen) atoms. The van der Waals surface area contributed by atoms with Gasteiger partial charge in [0.05, 0.1) is 0 Å². The highest BCUT2D eigenvalue weighted by Gasteiger charge is 2.16. The van der Waals surface area contributed by atoms with Crippen LogP contribution in [-0.4, -0.2) is 31.1 Å². The molecule has 0 saturated carbocycles. The van der Waals surface area contributed by atoms with Gasteiger partial charge in [-0.2, -0.15) is 0 Å². The molecule has 0 saturated heterocycles. The van der Waals surface area contributed by atoms with Crippen molar-refractivity contribution in [3.05, 3.63) is 35.4 Å². The van der Waals surface area contributed by atoms with Crippen LogP contribution in [0.3, 0.4) is 0 Å². The summed E-state index contributed by atoms with van der Waals surface area (Å²) < 4.78 is 0. The molecule has 2 atom stereocenters. The smallest absolute Gasteiger partial charge is 0.0332 e. The van der Waals surface area contributed by atoms with E-state index in [0.29, 0.717) is 12.1 Å². The zero-order chi connectivity index (χ0) is 15.7. The number of hydrogen-bond donors (Lipinski definition) is 1. The summed E-state index contributed by atoms with van der Waals surface area (Å²) in [6.07, 6.45) is 4.99. The minimum atomic E-state index is 0.458. The average Bonchev–Trinajstić information content (AvgIpc) is 2.51. The third-order valence-electron chi connectivity index (χ3n) is 4.63. The summed E-state index contributed by atoms with van der Waals surface area (Å²) in [6.45, 7) is 11.5. The zero-order valence-corrected chi connectivity index (χ0v) is 14.7. The Bertz CT molecular complexity index is 389. The van der Waals surface area contributed by atoms with Gasteiger partial charge in [-0.15, -0.1) is 0 Å². The first-order valence-electron chi connectivity index (χ1n) is 8.60. The largest absolute Gasteiger partial charge is 0.313 e. The lowest BCUT2D eigenvalue weighted by Gasteiger charge is -2.30. The Morgan fingerprint density at radius 3 is 2.43 bits per heavy atom. The second-order valence-electron chi connectivity index (χ2n) is 6.13. The molecule has 2 nitrogen and oxygen atoms in total. The molecule has 0 bridgehead atoms. The zero-order valence-electron chi connectivity index (χ0n) is 14.7. The molecule has 1 aromatic carbocycles. The van der Waals surface area contributed by atoms with E-state index >= 15 is 0 Å². The standard InChI is InChI=1S/C19H34N2/c1-6-8-14-21(17(4)7-2)15-13-19(20-5)18-12-10-9-11-16(18)3/h9-12,17,19-20H,6-8,13-15H2,1-5H3. The highest BCUT2D eigenvalue weighted by atomic mass is 15.1. The molecule has 1 rings (SSSR count). The number of benzene rings is 1. The first kappa shape index (κ1) is 18.2. The van der Waals surface area contributed by atoms with Crippen molar-refractivity contribution in [3.8, 4) is 0 Å². The Balaban J connectivity index is 2.65. The fourth-order valence-electron chi connectivity index (χ4n) is 2.90. The van der Waals surface area contributed by atoms with Gasteiger partial charge in [-0.1, -0.05) is 44.5 Å². The molecule has 0 spiro atoms. The summed E-state index contributed by atoms with van der Waals surface area (Å²) in [5, 5.41) is 3.50. The van der Waals surface area contributed by atoms with E-state index in [1.54, 1.807) is 0 Å². The molecule has 0 aliphatic carbocycles. The molecule has 0 amide bonds. The number of aryl methyl sites for hydroxylation is 1. The molecule has 0 fully saturated rings. The van der Waals surface area contributed by atoms with Crippen LogP contribution in [0.1, 0.15) is 63.6 Å². The van der Waals surface area contributed by atoms with E-state index in [1.807, 2.05) is 0 Å². The van der Waals surface area contributed by atoms with Gasteiger partial charge < -0.3 is 10.2 Å². The van der Waals surface area contributed by atoms with Gasteiger partial charge in [-0.05, 0) is 57.8 Å². The summed E-state index contributed by atoms with van der Waals surface area (Å²) in [6, 6.07) is 9.89. The van der Waals surface area contributed by atoms with E-state index in [9.17, 15) is 0 Å². The van der Waals surface area contributed by atoms with Crippen LogP contribution < -0.4 is 5.32 Å². The van der Waals surface area contributed by atoms with Crippen LogP contribution in [-0.2, 0) is 0 Å². The Hall–Kier alpha value is -0.860. The molecule has 0 radical (unpaired) electrons. The summed E-state index contributed by atoms with van der Waals surface area (Å²) >= 11 is 0. The molecule has 2 unspecified atom stereocenters. The number of unbranched alkanes of at least 4 members (excludes halogenated alkanes) is 1. The third kappa shape index (κ3) is 5.80. The van der Waals surface area contributed by atoms with E-state index in [0.717, 1.165) is 0 Å². The maximum Gasteiger partial charge on any atom is 0.0332 e. The van der Waals surface area contributed by atoms with E-state index in [-0.39, 0.29) is 0 Å². The van der Waals surface area contributed by atoms with Gasteiger partial charge >= 0.3 is 0 Å². The number of hydrogen-bond acceptors (Lipinski definition) is 2. The van der Waals surface area contributed by atoms with Crippen LogP contribution in [0.5, 0.6) is 0 Å². The molecule has 0 heterocycles. The summed E-state index contributed by atoms with van der Waals surface area (Å²) in [4.78, 5) is 2.66. The molecule has 0 aliphatic rings. The molecule has 1 aromatic rings. The van der Waals surface area contributed by atoms with E-state index in [1.165, 1.54) is 49.9 Å². The van der Waals surface area contributed by atoms with Crippen molar-refractivity contribution in [3.63, 3.8) is 0 Å². The summed E-state index contributed by atoms with van der Waals surface area (Å²) in [7, 11) is 2.08. The van der Waals surface area contributed by atoms with Crippen molar-refractivity contribution in [2.75, 3.05) is 20.1 Å². The van der Waals surface area contributed by atoms with Crippen LogP contribution >= 0.6 is 0 Å². The van der Waals surface area contributed by atoms with Crippen molar-refractivity contribution < 1.29 is 0 Å². The molecular formula is C19H34N2. The Morgan fingerprint density at radius 1 is 1.14 bits per heavy atom. The quantitative estimate of drug-likeness (QED) is 0.680. The van der Waals surface area contributed by atoms with E-state index in [2.05, 4.69) is 69.2 Å². The van der Waals surface area contributed by atoms with Crippen LogP contribution in [0.4, 0.5) is 0 Å². The monoisotopic (exact) mass is 290 g/mol. The lowest BCUT2D eigenvalue weighted by atomic mass is 9.98. The number of nitrogens with one attached hydrogen (secondary N) is 1. The Labute approximate surface area is 131 Å². The van der Waals surface area contributed by atoms with Gasteiger partial charge in [0, 0.05) is 18.6 Å². The van der Waals surface area contributed by atoms with Gasteiger partial charge in [-0.25, -0.2) is 0 Å². The predicted octanol–water partition coefficient (Wildman–Crippen LogP) is 4.55. The minimum Gasteiger partial charge on any atom is -0.313 e. The number of nitrogens with zero attached hydrogens (tertiary/aromatic N) is 1. The predicted molar refractivity (Wildman–Crippen MR) is 93.8 cm³/mol. The molecule has 0 aromatic heterocycles. The SMILES string of the molecule is CCCCN(CCC(NC)c1ccccc1C)C(C)CC. The van der Waals surface area contributed by atoms with Gasteiger partial charge in [0.15, 0.2) is 0 Å². The topological polar surface area (TPSA) is 15.3 Å². The lowest BCUT2D eigenvalue weighted by molar-refractivity contribution is 0.191. The lowest BCUT2D eigenvalue weighted by Crippen LogP contribution is -2.36. The third-order valence-corrected chi connectivity index (χ3v) is 4.63. The first-order valence-corrected chi connectivity index (χ1v) is 8.60. The van der Waals surface area contributed by atoms with Crippen LogP contribution in [0.25, 0.3) is 0 Å². The van der Waals surface area contributed by atoms with Crippen LogP contribution in [0.15, 0.2) is 24.3 Å². The minimum absolute atomic E-state index is 0.458. The van der Waals surface area contributed by atoms with Gasteiger partial charge in [-0.3, -0.25) is 0 Å². The van der Waals surface area contributed by atoms with Crippen molar-refractivity contribution in [2.24, 2.45) is 0 Å². The van der Waals surface area contributed by atoms with Crippen molar-refractivity contribution in [1.29, 1.82) is 0 Å². The highest BCUT2D eigenvalue weighted by molar-refractivity contribution is 5.28. The van der Waals surface area contributed by atoms with E-state index in [4.69, 9.17) is 0 Å². The summed E-state index contributed by atoms with van der Waals surface area (Å²) in [5.41, 5.74) is 2.83. The van der Waals surface area contributed by atoms with Gasteiger partial charge in [0.2, 0.25) is 0 Å². The maximum atomic E-state index is 3.50. The van der Waals surface area contributed by atoms with Crippen molar-refractivity contribution in [1.82, 2.24) is 10.2 Å². The normalized spacial score (nSPS) is 14.4. The van der Waals surface area contributed by atoms with Crippen molar-refractivity contribution in [2.45, 2.75) is 65.5 Å². The maximum absolute atomic E-state index is 3.50. The van der Waals surface area contributed by atoms with E-state index < -0.39 is 0 Å².